The molecule has 0 spiro atoms. The molecule has 1 fully saturated rings. The van der Waals surface area contributed by atoms with E-state index in [4.69, 9.17) is 0 Å². The Morgan fingerprint density at radius 2 is 0.854 bits per heavy atom. The van der Waals surface area contributed by atoms with Gasteiger partial charge in [-0.3, -0.25) is 0 Å². The summed E-state index contributed by atoms with van der Waals surface area (Å²) in [7, 11) is 0. The first-order valence-corrected chi connectivity index (χ1v) is 27.2. The minimum Gasteiger partial charge on any atom is -1.00 e. The molecule has 2 atom stereocenters. The normalized spacial score (nSPS) is 18.3. The van der Waals surface area contributed by atoms with Gasteiger partial charge in [0.2, 0.25) is 0 Å². The fourth-order valence-corrected chi connectivity index (χ4v) is 32.6. The van der Waals surface area contributed by atoms with Gasteiger partial charge in [0.1, 0.15) is 0 Å². The van der Waals surface area contributed by atoms with E-state index in [0.717, 1.165) is 0 Å². The van der Waals surface area contributed by atoms with E-state index in [2.05, 4.69) is 152 Å². The van der Waals surface area contributed by atoms with Crippen molar-refractivity contribution >= 4 is 12.2 Å². The largest absolute Gasteiger partial charge is 1.00 e. The van der Waals surface area contributed by atoms with Gasteiger partial charge < -0.3 is 24.8 Å². The van der Waals surface area contributed by atoms with Crippen LogP contribution in [0.25, 0.3) is 34.4 Å². The second-order valence-electron chi connectivity index (χ2n) is 15.7. The van der Waals surface area contributed by atoms with E-state index < -0.39 is 20.0 Å². The minimum absolute atomic E-state index is 0. The molecule has 3 heteroatoms. The van der Waals surface area contributed by atoms with Crippen LogP contribution in [-0.4, -0.2) is 0 Å². The maximum Gasteiger partial charge on any atom is -1.00 e. The number of hydrogen-bond acceptors (Lipinski definition) is 0. The number of rotatable bonds is 8. The zero-order valence-electron chi connectivity index (χ0n) is 30.1. The molecule has 250 valence electrons. The SMILES string of the molecule is CC(C)C1=Cc2c(-c3ccc(C(C)C)cc3)cccc2[CH]1[Hf+2]1([CH]2C(C(C)C)=Cc3c(-c4ccc(C(C)C)cc4)cccc32)[CH2]C[CH2]1.[Cl-].[Cl-]. The molecule has 1 aliphatic heterocycles. The molecule has 1 heterocycles. The summed E-state index contributed by atoms with van der Waals surface area (Å²) in [4.78, 5) is 0. The molecule has 0 N–H and O–H groups in total. The molecule has 0 bridgehead atoms. The Hall–Kier alpha value is -2.19. The maximum atomic E-state index is 2.66. The second-order valence-corrected chi connectivity index (χ2v) is 32.3. The van der Waals surface area contributed by atoms with Crippen LogP contribution in [-0.2, 0) is 20.0 Å². The zero-order valence-corrected chi connectivity index (χ0v) is 35.2. The Morgan fingerprint density at radius 1 is 0.479 bits per heavy atom. The van der Waals surface area contributed by atoms with Crippen molar-refractivity contribution in [1.29, 1.82) is 0 Å². The maximum absolute atomic E-state index is 3.10. The predicted octanol–water partition coefficient (Wildman–Crippen LogP) is 7.56. The molecule has 0 saturated carbocycles. The van der Waals surface area contributed by atoms with Crippen LogP contribution in [0.5, 0.6) is 0 Å². The number of hydrogen-bond donors (Lipinski definition) is 0. The van der Waals surface area contributed by atoms with E-state index in [1.54, 1.807) is 22.3 Å². The van der Waals surface area contributed by atoms with Gasteiger partial charge in [-0.15, -0.1) is 0 Å². The Balaban J connectivity index is 0.00000225. The molecule has 4 aromatic carbocycles. The van der Waals surface area contributed by atoms with E-state index in [-0.39, 0.29) is 24.8 Å². The van der Waals surface area contributed by atoms with Gasteiger partial charge in [0, 0.05) is 0 Å². The summed E-state index contributed by atoms with van der Waals surface area (Å²) >= 11 is -3.10. The van der Waals surface area contributed by atoms with Crippen molar-refractivity contribution in [3.63, 3.8) is 0 Å². The van der Waals surface area contributed by atoms with Crippen molar-refractivity contribution in [2.75, 3.05) is 0 Å². The fraction of sp³-hybridized carbons (Fsp3) is 0.378. The molecule has 0 aromatic heterocycles. The van der Waals surface area contributed by atoms with Crippen molar-refractivity contribution in [2.24, 2.45) is 11.8 Å². The monoisotopic (exact) mass is 842 g/mol. The molecule has 7 rings (SSSR count). The summed E-state index contributed by atoms with van der Waals surface area (Å²) < 4.78 is 4.35. The first-order valence-electron chi connectivity index (χ1n) is 18.0. The minimum atomic E-state index is -3.10. The van der Waals surface area contributed by atoms with Crippen LogP contribution in [0.4, 0.5) is 0 Å². The van der Waals surface area contributed by atoms with Crippen LogP contribution in [0.15, 0.2) is 96.1 Å². The van der Waals surface area contributed by atoms with Gasteiger partial charge in [0.05, 0.1) is 0 Å². The molecular formula is C45H52Cl2Hf. The Labute approximate surface area is 307 Å². The Morgan fingerprint density at radius 3 is 1.15 bits per heavy atom. The molecule has 1 saturated heterocycles. The third kappa shape index (κ3) is 6.20. The molecule has 0 radical (unpaired) electrons. The summed E-state index contributed by atoms with van der Waals surface area (Å²) in [6.07, 6.45) is 6.75. The first-order chi connectivity index (χ1) is 22.1. The summed E-state index contributed by atoms with van der Waals surface area (Å²) in [5, 5.41) is 0. The van der Waals surface area contributed by atoms with Gasteiger partial charge in [-0.25, -0.2) is 0 Å². The second kappa shape index (κ2) is 14.6. The van der Waals surface area contributed by atoms with Gasteiger partial charge in [-0.1, -0.05) is 0 Å². The first kappa shape index (κ1) is 37.1. The van der Waals surface area contributed by atoms with Crippen molar-refractivity contribution in [3.8, 4) is 22.3 Å². The molecule has 48 heavy (non-hydrogen) atoms. The Kier molecular flexibility index (Phi) is 11.3. The summed E-state index contributed by atoms with van der Waals surface area (Å²) in [6.45, 7) is 19.0. The molecule has 2 aliphatic carbocycles. The van der Waals surface area contributed by atoms with Crippen LogP contribution in [0, 0.1) is 11.8 Å². The van der Waals surface area contributed by atoms with Crippen molar-refractivity contribution in [1.82, 2.24) is 0 Å². The third-order valence-electron chi connectivity index (χ3n) is 11.7. The van der Waals surface area contributed by atoms with Crippen molar-refractivity contribution in [3.05, 3.63) is 129 Å². The van der Waals surface area contributed by atoms with E-state index in [9.17, 15) is 0 Å². The van der Waals surface area contributed by atoms with Gasteiger partial charge in [0.15, 0.2) is 0 Å². The van der Waals surface area contributed by atoms with Crippen LogP contribution < -0.4 is 24.8 Å². The van der Waals surface area contributed by atoms with Gasteiger partial charge in [0.25, 0.3) is 0 Å². The van der Waals surface area contributed by atoms with E-state index in [1.807, 2.05) is 0 Å². The van der Waals surface area contributed by atoms with Gasteiger partial charge >= 0.3 is 285 Å². The molecule has 0 amide bonds. The Bertz CT molecular complexity index is 1690. The molecule has 0 nitrogen and oxygen atoms in total. The fourth-order valence-electron chi connectivity index (χ4n) is 9.06. The average molecular weight is 842 g/mol. The van der Waals surface area contributed by atoms with Crippen LogP contribution in [0.3, 0.4) is 0 Å². The van der Waals surface area contributed by atoms with Gasteiger partial charge in [-0.2, -0.15) is 0 Å². The topological polar surface area (TPSA) is 0 Å². The van der Waals surface area contributed by atoms with E-state index in [1.165, 1.54) is 59.3 Å². The summed E-state index contributed by atoms with van der Waals surface area (Å²) in [5.74, 6) is 2.23. The smallest absolute Gasteiger partial charge is 1.00 e. The molecule has 3 aliphatic rings. The number of fused-ring (bicyclic) bond motifs is 2. The molecular weight excluding hydrogens is 790 g/mol. The molecule has 4 aromatic rings. The van der Waals surface area contributed by atoms with Crippen LogP contribution >= 0.6 is 0 Å². The summed E-state index contributed by atoms with van der Waals surface area (Å²) in [6, 6.07) is 33.4. The van der Waals surface area contributed by atoms with Crippen molar-refractivity contribution < 1.29 is 44.8 Å². The summed E-state index contributed by atoms with van der Waals surface area (Å²) in [5.41, 5.74) is 18.2. The van der Waals surface area contributed by atoms with E-state index >= 15 is 0 Å². The van der Waals surface area contributed by atoms with Gasteiger partial charge in [-0.05, 0) is 0 Å². The predicted molar refractivity (Wildman–Crippen MR) is 197 cm³/mol. The third-order valence-corrected chi connectivity index (χ3v) is 33.9. The van der Waals surface area contributed by atoms with Crippen molar-refractivity contribution in [2.45, 2.75) is 89.4 Å². The number of benzene rings is 4. The van der Waals surface area contributed by atoms with Crippen LogP contribution in [0.1, 0.15) is 114 Å². The number of allylic oxidation sites excluding steroid dienone is 2. The van der Waals surface area contributed by atoms with E-state index in [0.29, 0.717) is 31.0 Å². The molecule has 2 unspecified atom stereocenters. The number of halogens is 2. The van der Waals surface area contributed by atoms with Crippen LogP contribution in [0.2, 0.25) is 8.35 Å². The standard InChI is InChI=1S/2C21H23.C3H6.2ClH.Hf/c2*1-14(2)16-8-10-17(11-9-16)20-7-5-6-18-12-19(15(3)4)13-21(18)20;1-3-2;;;/h2*5-15H,1-4H3;1-3H2;2*1H;/q;;;;;+2/p-2. The average Bonchev–Trinajstić information content (AvgIpc) is 3.61. The zero-order chi connectivity index (χ0) is 32.3. The quantitative estimate of drug-likeness (QED) is 0.161.